The highest BCUT2D eigenvalue weighted by Gasteiger charge is 2.28. The molecule has 0 unspecified atom stereocenters. The molecule has 100 valence electrons. The van der Waals surface area contributed by atoms with E-state index < -0.39 is 5.60 Å². The molecule has 0 spiro atoms. The van der Waals surface area contributed by atoms with Crippen LogP contribution in [0.2, 0.25) is 0 Å². The van der Waals surface area contributed by atoms with Gasteiger partial charge in [0.05, 0.1) is 5.60 Å². The summed E-state index contributed by atoms with van der Waals surface area (Å²) >= 11 is 0. The van der Waals surface area contributed by atoms with Crippen LogP contribution in [-0.4, -0.2) is 17.3 Å². The molecule has 2 N–H and O–H groups in total. The first kappa shape index (κ1) is 13.4. The van der Waals surface area contributed by atoms with Crippen molar-refractivity contribution < 1.29 is 5.11 Å². The van der Waals surface area contributed by atoms with Gasteiger partial charge in [0.25, 0.3) is 0 Å². The van der Waals surface area contributed by atoms with Gasteiger partial charge in [-0.25, -0.2) is 0 Å². The van der Waals surface area contributed by atoms with Gasteiger partial charge in [0.2, 0.25) is 0 Å². The highest BCUT2D eigenvalue weighted by molar-refractivity contribution is 5.52. The second-order valence-electron chi connectivity index (χ2n) is 5.88. The van der Waals surface area contributed by atoms with Crippen LogP contribution in [-0.2, 0) is 0 Å². The number of hydrogen-bond donors (Lipinski definition) is 2. The number of benzene rings is 1. The molecule has 18 heavy (non-hydrogen) atoms. The van der Waals surface area contributed by atoms with E-state index in [0.717, 1.165) is 25.7 Å². The highest BCUT2D eigenvalue weighted by Crippen LogP contribution is 2.30. The first-order valence-corrected chi connectivity index (χ1v) is 7.16. The SMILES string of the molecule is CC(C)c1ccccc1NCC1(O)CCCCC1. The van der Waals surface area contributed by atoms with Crippen molar-refractivity contribution in [3.63, 3.8) is 0 Å². The Labute approximate surface area is 110 Å². The molecule has 0 radical (unpaired) electrons. The first-order valence-electron chi connectivity index (χ1n) is 7.16. The Kier molecular flexibility index (Phi) is 4.28. The summed E-state index contributed by atoms with van der Waals surface area (Å²) in [5.74, 6) is 0.509. The van der Waals surface area contributed by atoms with Crippen molar-refractivity contribution in [2.75, 3.05) is 11.9 Å². The Hall–Kier alpha value is -1.02. The minimum Gasteiger partial charge on any atom is -0.388 e. The van der Waals surface area contributed by atoms with Crippen LogP contribution in [0.15, 0.2) is 24.3 Å². The summed E-state index contributed by atoms with van der Waals surface area (Å²) in [6, 6.07) is 8.41. The minimum absolute atomic E-state index is 0.498. The lowest BCUT2D eigenvalue weighted by Gasteiger charge is -2.33. The van der Waals surface area contributed by atoms with Gasteiger partial charge in [-0.2, -0.15) is 0 Å². The molecule has 1 aromatic rings. The molecule has 2 heteroatoms. The maximum absolute atomic E-state index is 10.5. The van der Waals surface area contributed by atoms with Gasteiger partial charge in [-0.3, -0.25) is 0 Å². The zero-order valence-corrected chi connectivity index (χ0v) is 11.6. The first-order chi connectivity index (χ1) is 8.61. The summed E-state index contributed by atoms with van der Waals surface area (Å²) in [4.78, 5) is 0. The lowest BCUT2D eigenvalue weighted by molar-refractivity contribution is 0.0167. The van der Waals surface area contributed by atoms with E-state index in [1.807, 2.05) is 0 Å². The van der Waals surface area contributed by atoms with Gasteiger partial charge >= 0.3 is 0 Å². The van der Waals surface area contributed by atoms with Crippen molar-refractivity contribution in [1.29, 1.82) is 0 Å². The van der Waals surface area contributed by atoms with E-state index in [2.05, 4.69) is 43.4 Å². The third-order valence-corrected chi connectivity index (χ3v) is 3.97. The number of para-hydroxylation sites is 1. The molecular weight excluding hydrogens is 222 g/mol. The van der Waals surface area contributed by atoms with Crippen molar-refractivity contribution in [1.82, 2.24) is 0 Å². The van der Waals surface area contributed by atoms with Crippen LogP contribution < -0.4 is 5.32 Å². The van der Waals surface area contributed by atoms with Gasteiger partial charge in [-0.05, 0) is 30.4 Å². The molecule has 1 aromatic carbocycles. The van der Waals surface area contributed by atoms with Crippen LogP contribution in [0.25, 0.3) is 0 Å². The average Bonchev–Trinajstić information content (AvgIpc) is 2.38. The minimum atomic E-state index is -0.498. The highest BCUT2D eigenvalue weighted by atomic mass is 16.3. The van der Waals surface area contributed by atoms with E-state index in [9.17, 15) is 5.11 Å². The van der Waals surface area contributed by atoms with Crippen molar-refractivity contribution >= 4 is 5.69 Å². The third-order valence-electron chi connectivity index (χ3n) is 3.97. The summed E-state index contributed by atoms with van der Waals surface area (Å²) < 4.78 is 0. The summed E-state index contributed by atoms with van der Waals surface area (Å²) in [6.07, 6.45) is 5.45. The van der Waals surface area contributed by atoms with Gasteiger partial charge in [-0.1, -0.05) is 51.3 Å². The molecule has 0 aromatic heterocycles. The Morgan fingerprint density at radius 2 is 1.83 bits per heavy atom. The predicted octanol–water partition coefficient (Wildman–Crippen LogP) is 3.92. The fourth-order valence-corrected chi connectivity index (χ4v) is 2.81. The van der Waals surface area contributed by atoms with Crippen LogP contribution in [0.4, 0.5) is 5.69 Å². The molecule has 1 aliphatic carbocycles. The van der Waals surface area contributed by atoms with Crippen LogP contribution >= 0.6 is 0 Å². The second-order valence-corrected chi connectivity index (χ2v) is 5.88. The number of nitrogens with one attached hydrogen (secondary N) is 1. The molecule has 0 atom stereocenters. The fourth-order valence-electron chi connectivity index (χ4n) is 2.81. The maximum atomic E-state index is 10.5. The van der Waals surface area contributed by atoms with E-state index in [-0.39, 0.29) is 0 Å². The standard InChI is InChI=1S/C16H25NO/c1-13(2)14-8-4-5-9-15(14)17-12-16(18)10-6-3-7-11-16/h4-5,8-9,13,17-18H,3,6-7,10-12H2,1-2H3. The Morgan fingerprint density at radius 1 is 1.17 bits per heavy atom. The molecule has 0 amide bonds. The molecule has 0 aliphatic heterocycles. The lowest BCUT2D eigenvalue weighted by atomic mass is 9.85. The molecule has 1 saturated carbocycles. The maximum Gasteiger partial charge on any atom is 0.0819 e. The normalized spacial score (nSPS) is 18.9. The molecule has 2 nitrogen and oxygen atoms in total. The lowest BCUT2D eigenvalue weighted by Crippen LogP contribution is -2.38. The third kappa shape index (κ3) is 3.26. The molecule has 0 bridgehead atoms. The molecule has 0 saturated heterocycles. The van der Waals surface area contributed by atoms with Crippen molar-refractivity contribution in [3.05, 3.63) is 29.8 Å². The number of rotatable bonds is 4. The molecule has 2 rings (SSSR count). The second kappa shape index (κ2) is 5.75. The average molecular weight is 247 g/mol. The molecule has 1 aliphatic rings. The van der Waals surface area contributed by atoms with Gasteiger partial charge in [0, 0.05) is 12.2 Å². The van der Waals surface area contributed by atoms with Crippen molar-refractivity contribution in [2.24, 2.45) is 0 Å². The van der Waals surface area contributed by atoms with E-state index in [0.29, 0.717) is 12.5 Å². The van der Waals surface area contributed by atoms with Crippen LogP contribution in [0.5, 0.6) is 0 Å². The van der Waals surface area contributed by atoms with Crippen molar-refractivity contribution in [2.45, 2.75) is 57.5 Å². The van der Waals surface area contributed by atoms with E-state index in [4.69, 9.17) is 0 Å². The largest absolute Gasteiger partial charge is 0.388 e. The molecular formula is C16H25NO. The van der Waals surface area contributed by atoms with Gasteiger partial charge in [0.15, 0.2) is 0 Å². The van der Waals surface area contributed by atoms with Crippen LogP contribution in [0, 0.1) is 0 Å². The Balaban J connectivity index is 2.01. The summed E-state index contributed by atoms with van der Waals surface area (Å²) in [5, 5.41) is 14.0. The topological polar surface area (TPSA) is 32.3 Å². The van der Waals surface area contributed by atoms with Crippen LogP contribution in [0.3, 0.4) is 0 Å². The fraction of sp³-hybridized carbons (Fsp3) is 0.625. The monoisotopic (exact) mass is 247 g/mol. The smallest absolute Gasteiger partial charge is 0.0819 e. The quantitative estimate of drug-likeness (QED) is 0.845. The van der Waals surface area contributed by atoms with Gasteiger partial charge in [0.1, 0.15) is 0 Å². The summed E-state index contributed by atoms with van der Waals surface area (Å²) in [7, 11) is 0. The number of anilines is 1. The van der Waals surface area contributed by atoms with Gasteiger partial charge < -0.3 is 10.4 Å². The van der Waals surface area contributed by atoms with E-state index in [1.165, 1.54) is 17.7 Å². The Morgan fingerprint density at radius 3 is 2.50 bits per heavy atom. The van der Waals surface area contributed by atoms with E-state index >= 15 is 0 Å². The number of aliphatic hydroxyl groups is 1. The van der Waals surface area contributed by atoms with Gasteiger partial charge in [-0.15, -0.1) is 0 Å². The zero-order valence-electron chi connectivity index (χ0n) is 11.6. The molecule has 1 fully saturated rings. The van der Waals surface area contributed by atoms with E-state index in [1.54, 1.807) is 0 Å². The van der Waals surface area contributed by atoms with Crippen LogP contribution in [0.1, 0.15) is 57.4 Å². The Bertz CT molecular complexity index is 380. The van der Waals surface area contributed by atoms with Crippen molar-refractivity contribution in [3.8, 4) is 0 Å². The molecule has 0 heterocycles. The zero-order chi connectivity index (χ0) is 13.0. The number of hydrogen-bond acceptors (Lipinski definition) is 2. The summed E-state index contributed by atoms with van der Waals surface area (Å²) in [5.41, 5.74) is 2.01. The summed E-state index contributed by atoms with van der Waals surface area (Å²) in [6.45, 7) is 5.09. The predicted molar refractivity (Wildman–Crippen MR) is 77.1 cm³/mol.